The smallest absolute Gasteiger partial charge is 0.407 e. The molecule has 9 heteroatoms. The van der Waals surface area contributed by atoms with Crippen LogP contribution in [0.1, 0.15) is 50.4 Å². The minimum Gasteiger partial charge on any atom is -0.444 e. The predicted molar refractivity (Wildman–Crippen MR) is 107 cm³/mol. The molecule has 1 aliphatic rings. The second-order valence-electron chi connectivity index (χ2n) is 7.95. The number of amides is 2. The molecule has 0 saturated carbocycles. The standard InChI is InChI=1S/C19H27ClN2O5S/c1-19(2,3)27-18(24)21-12-14-7-5-6-10-22(14)17(23)13-8-9-15(20)16(11-13)28(4,25)26/h8-9,11,14H,5-7,10,12H2,1-4H3,(H,21,24). The lowest BCUT2D eigenvalue weighted by Gasteiger charge is -2.36. The van der Waals surface area contributed by atoms with Crippen LogP contribution >= 0.6 is 11.6 Å². The van der Waals surface area contributed by atoms with E-state index in [1.165, 1.54) is 18.2 Å². The molecule has 1 heterocycles. The van der Waals surface area contributed by atoms with Crippen molar-refractivity contribution in [1.82, 2.24) is 10.2 Å². The fourth-order valence-corrected chi connectivity index (χ4v) is 4.38. The maximum Gasteiger partial charge on any atom is 0.407 e. The molecule has 156 valence electrons. The number of likely N-dealkylation sites (tertiary alicyclic amines) is 1. The summed E-state index contributed by atoms with van der Waals surface area (Å²) in [5.41, 5.74) is -0.341. The van der Waals surface area contributed by atoms with Gasteiger partial charge in [0.2, 0.25) is 0 Å². The van der Waals surface area contributed by atoms with Crippen LogP contribution in [-0.4, -0.2) is 56.3 Å². The third-order valence-corrected chi connectivity index (χ3v) is 5.92. The van der Waals surface area contributed by atoms with Gasteiger partial charge in [-0.3, -0.25) is 4.79 Å². The summed E-state index contributed by atoms with van der Waals surface area (Å²) >= 11 is 5.97. The van der Waals surface area contributed by atoms with Crippen molar-refractivity contribution < 1.29 is 22.7 Å². The van der Waals surface area contributed by atoms with Gasteiger partial charge in [-0.15, -0.1) is 0 Å². The highest BCUT2D eigenvalue weighted by molar-refractivity contribution is 7.90. The van der Waals surface area contributed by atoms with E-state index in [1.54, 1.807) is 25.7 Å². The molecule has 1 fully saturated rings. The number of nitrogens with zero attached hydrogens (tertiary/aromatic N) is 1. The molecule has 7 nitrogen and oxygen atoms in total. The summed E-state index contributed by atoms with van der Waals surface area (Å²) in [6.45, 7) is 6.15. The van der Waals surface area contributed by atoms with Crippen LogP contribution in [0.4, 0.5) is 4.79 Å². The molecule has 28 heavy (non-hydrogen) atoms. The van der Waals surface area contributed by atoms with Gasteiger partial charge >= 0.3 is 6.09 Å². The lowest BCUT2D eigenvalue weighted by molar-refractivity contribution is 0.0462. The first-order chi connectivity index (χ1) is 12.9. The number of hydrogen-bond donors (Lipinski definition) is 1. The Bertz CT molecular complexity index is 848. The quantitative estimate of drug-likeness (QED) is 0.791. The summed E-state index contributed by atoms with van der Waals surface area (Å²) in [5, 5.41) is 2.80. The van der Waals surface area contributed by atoms with Gasteiger partial charge in [-0.05, 0) is 58.2 Å². The van der Waals surface area contributed by atoms with Crippen molar-refractivity contribution in [2.75, 3.05) is 19.3 Å². The summed E-state index contributed by atoms with van der Waals surface area (Å²) in [6, 6.07) is 4.06. The van der Waals surface area contributed by atoms with E-state index in [0.29, 0.717) is 6.54 Å². The maximum absolute atomic E-state index is 13.0. The first-order valence-corrected chi connectivity index (χ1v) is 11.4. The third-order valence-electron chi connectivity index (χ3n) is 4.35. The normalized spacial score (nSPS) is 17.9. The molecule has 0 bridgehead atoms. The van der Waals surface area contributed by atoms with E-state index in [0.717, 1.165) is 25.5 Å². The van der Waals surface area contributed by atoms with Crippen LogP contribution in [0.2, 0.25) is 5.02 Å². The Labute approximate surface area is 171 Å². The van der Waals surface area contributed by atoms with Gasteiger partial charge in [0.25, 0.3) is 5.91 Å². The fraction of sp³-hybridized carbons (Fsp3) is 0.579. The Morgan fingerprint density at radius 3 is 2.57 bits per heavy atom. The molecule has 1 atom stereocenters. The SMILES string of the molecule is CC(C)(C)OC(=O)NCC1CCCCN1C(=O)c1ccc(Cl)c(S(C)(=O)=O)c1. The zero-order valence-electron chi connectivity index (χ0n) is 16.6. The monoisotopic (exact) mass is 430 g/mol. The summed E-state index contributed by atoms with van der Waals surface area (Å²) in [4.78, 5) is 26.5. The van der Waals surface area contributed by atoms with Gasteiger partial charge in [0.05, 0.1) is 9.92 Å². The van der Waals surface area contributed by atoms with Crippen LogP contribution < -0.4 is 5.32 Å². The number of sulfone groups is 1. The average molecular weight is 431 g/mol. The van der Waals surface area contributed by atoms with Crippen molar-refractivity contribution in [3.63, 3.8) is 0 Å². The number of nitrogens with one attached hydrogen (secondary N) is 1. The van der Waals surface area contributed by atoms with E-state index in [9.17, 15) is 18.0 Å². The topological polar surface area (TPSA) is 92.8 Å². The van der Waals surface area contributed by atoms with Crippen LogP contribution in [0.15, 0.2) is 23.1 Å². The van der Waals surface area contributed by atoms with Gasteiger partial charge in [-0.2, -0.15) is 0 Å². The molecule has 1 N–H and O–H groups in total. The summed E-state index contributed by atoms with van der Waals surface area (Å²) in [5.74, 6) is -0.280. The van der Waals surface area contributed by atoms with Crippen molar-refractivity contribution in [2.24, 2.45) is 0 Å². The lowest BCUT2D eigenvalue weighted by Crippen LogP contribution is -2.50. The maximum atomic E-state index is 13.0. The van der Waals surface area contributed by atoms with Gasteiger partial charge < -0.3 is 15.0 Å². The lowest BCUT2D eigenvalue weighted by atomic mass is 10.0. The zero-order valence-corrected chi connectivity index (χ0v) is 18.2. The number of benzene rings is 1. The number of halogens is 1. The van der Waals surface area contributed by atoms with Crippen molar-refractivity contribution in [3.8, 4) is 0 Å². The molecule has 1 aromatic carbocycles. The molecule has 0 spiro atoms. The van der Waals surface area contributed by atoms with E-state index in [-0.39, 0.29) is 34.0 Å². The van der Waals surface area contributed by atoms with Crippen LogP contribution in [0.25, 0.3) is 0 Å². The van der Waals surface area contributed by atoms with Crippen molar-refractivity contribution in [3.05, 3.63) is 28.8 Å². The summed E-state index contributed by atoms with van der Waals surface area (Å²) in [6.07, 6.45) is 3.06. The number of carbonyl (C=O) groups excluding carboxylic acids is 2. The summed E-state index contributed by atoms with van der Waals surface area (Å²) < 4.78 is 29.0. The molecular formula is C19H27ClN2O5S. The number of hydrogen-bond acceptors (Lipinski definition) is 5. The third kappa shape index (κ3) is 6.10. The molecule has 0 aliphatic carbocycles. The number of ether oxygens (including phenoxy) is 1. The molecule has 1 aliphatic heterocycles. The van der Waals surface area contributed by atoms with E-state index in [1.807, 2.05) is 0 Å². The molecule has 2 amide bonds. The molecule has 0 aromatic heterocycles. The van der Waals surface area contributed by atoms with Gasteiger partial charge in [0, 0.05) is 31.0 Å². The largest absolute Gasteiger partial charge is 0.444 e. The number of alkyl carbamates (subject to hydrolysis) is 1. The molecule has 1 unspecified atom stereocenters. The molecule has 1 aromatic rings. The molecule has 1 saturated heterocycles. The van der Waals surface area contributed by atoms with E-state index in [2.05, 4.69) is 5.32 Å². The Morgan fingerprint density at radius 2 is 1.96 bits per heavy atom. The van der Waals surface area contributed by atoms with Crippen molar-refractivity contribution in [1.29, 1.82) is 0 Å². The van der Waals surface area contributed by atoms with E-state index >= 15 is 0 Å². The second-order valence-corrected chi connectivity index (χ2v) is 10.3. The number of rotatable bonds is 4. The van der Waals surface area contributed by atoms with Crippen molar-refractivity contribution >= 4 is 33.4 Å². The Balaban J connectivity index is 2.15. The van der Waals surface area contributed by atoms with E-state index in [4.69, 9.17) is 16.3 Å². The highest BCUT2D eigenvalue weighted by Gasteiger charge is 2.29. The first-order valence-electron chi connectivity index (χ1n) is 9.16. The van der Waals surface area contributed by atoms with Crippen LogP contribution in [0, 0.1) is 0 Å². The molecule has 0 radical (unpaired) electrons. The summed E-state index contributed by atoms with van der Waals surface area (Å²) in [7, 11) is -3.55. The van der Waals surface area contributed by atoms with Gasteiger partial charge in [0.15, 0.2) is 9.84 Å². The van der Waals surface area contributed by atoms with Crippen LogP contribution in [0.3, 0.4) is 0 Å². The van der Waals surface area contributed by atoms with Crippen LogP contribution in [0.5, 0.6) is 0 Å². The predicted octanol–water partition coefficient (Wildman–Crippen LogP) is 3.26. The highest BCUT2D eigenvalue weighted by atomic mass is 35.5. The number of piperidine rings is 1. The first kappa shape index (κ1) is 22.5. The fourth-order valence-electron chi connectivity index (χ4n) is 3.08. The van der Waals surface area contributed by atoms with Crippen LogP contribution in [-0.2, 0) is 14.6 Å². The van der Waals surface area contributed by atoms with E-state index < -0.39 is 21.5 Å². The Kier molecular flexibility index (Phi) is 6.98. The van der Waals surface area contributed by atoms with Crippen molar-refractivity contribution in [2.45, 2.75) is 56.6 Å². The van der Waals surface area contributed by atoms with Gasteiger partial charge in [-0.25, -0.2) is 13.2 Å². The molecule has 2 rings (SSSR count). The average Bonchev–Trinajstić information content (AvgIpc) is 2.57. The highest BCUT2D eigenvalue weighted by Crippen LogP contribution is 2.25. The second kappa shape index (κ2) is 8.69. The Hall–Kier alpha value is -1.80. The Morgan fingerprint density at radius 1 is 1.29 bits per heavy atom. The zero-order chi connectivity index (χ0) is 21.1. The number of carbonyl (C=O) groups is 2. The van der Waals surface area contributed by atoms with Gasteiger partial charge in [0.1, 0.15) is 5.60 Å². The minimum absolute atomic E-state index is 0.0690. The minimum atomic E-state index is -3.55. The van der Waals surface area contributed by atoms with Gasteiger partial charge in [-0.1, -0.05) is 11.6 Å². The molecular weight excluding hydrogens is 404 g/mol.